The second kappa shape index (κ2) is 5.69. The van der Waals surface area contributed by atoms with E-state index in [0.717, 1.165) is 0 Å². The lowest BCUT2D eigenvalue weighted by molar-refractivity contribution is 0.0572. The maximum atomic E-state index is 12.3. The van der Waals surface area contributed by atoms with E-state index in [1.54, 1.807) is 36.9 Å². The SMILES string of the molecule is CC(C)NS(=O)(=O)c1ccccc1N1CC(O)C(O)C1. The van der Waals surface area contributed by atoms with Crippen molar-refractivity contribution >= 4 is 15.7 Å². The van der Waals surface area contributed by atoms with Gasteiger partial charge in [-0.05, 0) is 26.0 Å². The van der Waals surface area contributed by atoms with Crippen LogP contribution in [0.3, 0.4) is 0 Å². The second-order valence-electron chi connectivity index (χ2n) is 5.28. The van der Waals surface area contributed by atoms with Crippen molar-refractivity contribution in [3.8, 4) is 0 Å². The molecule has 0 spiro atoms. The molecular weight excluding hydrogens is 280 g/mol. The lowest BCUT2D eigenvalue weighted by atomic mass is 10.3. The van der Waals surface area contributed by atoms with Gasteiger partial charge in [0.15, 0.2) is 0 Å². The molecule has 1 aliphatic rings. The van der Waals surface area contributed by atoms with Gasteiger partial charge in [-0.3, -0.25) is 0 Å². The Hall–Kier alpha value is -1.15. The predicted molar refractivity (Wildman–Crippen MR) is 76.1 cm³/mol. The van der Waals surface area contributed by atoms with Gasteiger partial charge in [0.2, 0.25) is 10.0 Å². The van der Waals surface area contributed by atoms with Crippen LogP contribution in [0, 0.1) is 0 Å². The van der Waals surface area contributed by atoms with Crippen molar-refractivity contribution in [3.63, 3.8) is 0 Å². The smallest absolute Gasteiger partial charge is 0.242 e. The van der Waals surface area contributed by atoms with Gasteiger partial charge in [0, 0.05) is 19.1 Å². The molecule has 0 radical (unpaired) electrons. The number of β-amino-alcohol motifs (C(OH)–C–C–N with tert-alkyl or cyclic N) is 2. The van der Waals surface area contributed by atoms with E-state index in [-0.39, 0.29) is 24.0 Å². The molecule has 0 bridgehead atoms. The van der Waals surface area contributed by atoms with E-state index in [1.807, 2.05) is 0 Å². The molecule has 2 atom stereocenters. The van der Waals surface area contributed by atoms with Crippen LogP contribution in [-0.4, -0.2) is 50.0 Å². The van der Waals surface area contributed by atoms with Gasteiger partial charge in [0.25, 0.3) is 0 Å². The number of para-hydroxylation sites is 1. The van der Waals surface area contributed by atoms with Crippen LogP contribution >= 0.6 is 0 Å². The highest BCUT2D eigenvalue weighted by molar-refractivity contribution is 7.89. The molecule has 1 fully saturated rings. The predicted octanol–water partition coefficient (Wildman–Crippen LogP) is -0.0849. The second-order valence-corrected chi connectivity index (χ2v) is 6.97. The monoisotopic (exact) mass is 300 g/mol. The highest BCUT2D eigenvalue weighted by atomic mass is 32.2. The molecule has 0 amide bonds. The Labute approximate surface area is 119 Å². The number of nitrogens with zero attached hydrogens (tertiary/aromatic N) is 1. The molecule has 1 aromatic rings. The molecule has 1 heterocycles. The minimum atomic E-state index is -3.62. The van der Waals surface area contributed by atoms with E-state index in [4.69, 9.17) is 0 Å². The van der Waals surface area contributed by atoms with Gasteiger partial charge in [-0.15, -0.1) is 0 Å². The van der Waals surface area contributed by atoms with Crippen molar-refractivity contribution in [2.24, 2.45) is 0 Å². The third-order valence-corrected chi connectivity index (χ3v) is 4.85. The maximum absolute atomic E-state index is 12.3. The number of nitrogens with one attached hydrogen (secondary N) is 1. The van der Waals surface area contributed by atoms with Crippen LogP contribution in [0.25, 0.3) is 0 Å². The molecule has 20 heavy (non-hydrogen) atoms. The summed E-state index contributed by atoms with van der Waals surface area (Å²) >= 11 is 0. The fourth-order valence-electron chi connectivity index (χ4n) is 2.29. The zero-order valence-electron chi connectivity index (χ0n) is 11.5. The van der Waals surface area contributed by atoms with Crippen molar-refractivity contribution in [2.75, 3.05) is 18.0 Å². The fraction of sp³-hybridized carbons (Fsp3) is 0.538. The minimum absolute atomic E-state index is 0.162. The van der Waals surface area contributed by atoms with E-state index < -0.39 is 22.2 Å². The molecule has 1 saturated heterocycles. The van der Waals surface area contributed by atoms with Crippen LogP contribution in [-0.2, 0) is 10.0 Å². The number of hydrogen-bond donors (Lipinski definition) is 3. The minimum Gasteiger partial charge on any atom is -0.389 e. The molecule has 2 rings (SSSR count). The summed E-state index contributed by atoms with van der Waals surface area (Å²) in [5, 5.41) is 19.2. The molecule has 1 aliphatic heterocycles. The van der Waals surface area contributed by atoms with E-state index in [1.165, 1.54) is 6.07 Å². The summed E-state index contributed by atoms with van der Waals surface area (Å²) in [6, 6.07) is 6.39. The molecule has 0 aliphatic carbocycles. The van der Waals surface area contributed by atoms with Gasteiger partial charge in [0.05, 0.1) is 17.9 Å². The highest BCUT2D eigenvalue weighted by Gasteiger charge is 2.32. The Kier molecular flexibility index (Phi) is 4.33. The van der Waals surface area contributed by atoms with Crippen LogP contribution in [0.2, 0.25) is 0 Å². The van der Waals surface area contributed by atoms with Crippen molar-refractivity contribution in [2.45, 2.75) is 37.0 Å². The first-order valence-electron chi connectivity index (χ1n) is 6.53. The zero-order chi connectivity index (χ0) is 14.9. The average molecular weight is 300 g/mol. The van der Waals surface area contributed by atoms with Crippen molar-refractivity contribution in [1.82, 2.24) is 4.72 Å². The summed E-state index contributed by atoms with van der Waals surface area (Å²) in [5.74, 6) is 0. The summed E-state index contributed by atoms with van der Waals surface area (Å²) in [5.41, 5.74) is 0.497. The van der Waals surface area contributed by atoms with E-state index in [2.05, 4.69) is 4.72 Å². The Morgan fingerprint density at radius 3 is 2.30 bits per heavy atom. The molecule has 2 unspecified atom stereocenters. The summed E-state index contributed by atoms with van der Waals surface area (Å²) in [4.78, 5) is 1.85. The number of anilines is 1. The van der Waals surface area contributed by atoms with Crippen LogP contribution in [0.1, 0.15) is 13.8 Å². The Bertz CT molecular complexity index is 563. The average Bonchev–Trinajstić information content (AvgIpc) is 2.68. The number of rotatable bonds is 4. The molecule has 0 saturated carbocycles. The third-order valence-electron chi connectivity index (χ3n) is 3.15. The first-order chi connectivity index (χ1) is 9.31. The van der Waals surface area contributed by atoms with E-state index in [0.29, 0.717) is 5.69 Å². The van der Waals surface area contributed by atoms with Gasteiger partial charge in [-0.2, -0.15) is 0 Å². The lowest BCUT2D eigenvalue weighted by Crippen LogP contribution is -2.32. The van der Waals surface area contributed by atoms with Gasteiger partial charge < -0.3 is 15.1 Å². The number of aliphatic hydroxyl groups excluding tert-OH is 2. The molecule has 0 aromatic heterocycles. The van der Waals surface area contributed by atoms with E-state index >= 15 is 0 Å². The van der Waals surface area contributed by atoms with Crippen molar-refractivity contribution < 1.29 is 18.6 Å². The fourth-order valence-corrected chi connectivity index (χ4v) is 3.76. The first-order valence-corrected chi connectivity index (χ1v) is 8.02. The van der Waals surface area contributed by atoms with Crippen LogP contribution in [0.5, 0.6) is 0 Å². The number of sulfonamides is 1. The summed E-state index contributed by atoms with van der Waals surface area (Å²) in [7, 11) is -3.62. The normalized spacial score (nSPS) is 23.6. The van der Waals surface area contributed by atoms with Crippen LogP contribution < -0.4 is 9.62 Å². The number of aliphatic hydroxyl groups is 2. The van der Waals surface area contributed by atoms with Crippen LogP contribution in [0.4, 0.5) is 5.69 Å². The molecule has 3 N–H and O–H groups in total. The standard InChI is InChI=1S/C13H20N2O4S/c1-9(2)14-20(18,19)13-6-4-3-5-10(13)15-7-11(16)12(17)8-15/h3-6,9,11-12,14,16-17H,7-8H2,1-2H3. The number of benzene rings is 1. The molecule has 7 heteroatoms. The van der Waals surface area contributed by atoms with Crippen molar-refractivity contribution in [3.05, 3.63) is 24.3 Å². The topological polar surface area (TPSA) is 89.9 Å². The molecule has 112 valence electrons. The van der Waals surface area contributed by atoms with Gasteiger partial charge >= 0.3 is 0 Å². The van der Waals surface area contributed by atoms with Gasteiger partial charge in [-0.1, -0.05) is 12.1 Å². The zero-order valence-corrected chi connectivity index (χ0v) is 12.3. The Morgan fingerprint density at radius 2 is 1.75 bits per heavy atom. The maximum Gasteiger partial charge on any atom is 0.242 e. The quantitative estimate of drug-likeness (QED) is 0.723. The Balaban J connectivity index is 2.37. The lowest BCUT2D eigenvalue weighted by Gasteiger charge is -2.22. The van der Waals surface area contributed by atoms with Crippen molar-refractivity contribution in [1.29, 1.82) is 0 Å². The highest BCUT2D eigenvalue weighted by Crippen LogP contribution is 2.28. The molecular formula is C13H20N2O4S. The van der Waals surface area contributed by atoms with Gasteiger partial charge in [-0.25, -0.2) is 13.1 Å². The van der Waals surface area contributed by atoms with Crippen LogP contribution in [0.15, 0.2) is 29.2 Å². The largest absolute Gasteiger partial charge is 0.389 e. The molecule has 1 aromatic carbocycles. The molecule has 6 nitrogen and oxygen atoms in total. The summed E-state index contributed by atoms with van der Waals surface area (Å²) in [6.07, 6.45) is -1.72. The third kappa shape index (κ3) is 3.12. The Morgan fingerprint density at radius 1 is 1.20 bits per heavy atom. The van der Waals surface area contributed by atoms with E-state index in [9.17, 15) is 18.6 Å². The summed E-state index contributed by atoms with van der Waals surface area (Å²) in [6.45, 7) is 3.94. The summed E-state index contributed by atoms with van der Waals surface area (Å²) < 4.78 is 27.2. The number of hydrogen-bond acceptors (Lipinski definition) is 5. The van der Waals surface area contributed by atoms with Gasteiger partial charge in [0.1, 0.15) is 4.90 Å². The first kappa shape index (κ1) is 15.2.